The summed E-state index contributed by atoms with van der Waals surface area (Å²) in [6.07, 6.45) is 3.32. The fourth-order valence-electron chi connectivity index (χ4n) is 3.38. The van der Waals surface area contributed by atoms with E-state index in [2.05, 4.69) is 16.7 Å². The zero-order chi connectivity index (χ0) is 17.7. The van der Waals surface area contributed by atoms with Crippen LogP contribution in [-0.4, -0.2) is 37.6 Å². The number of alkyl halides is 2. The highest BCUT2D eigenvalue weighted by atomic mass is 19.3. The maximum atomic E-state index is 14.1. The summed E-state index contributed by atoms with van der Waals surface area (Å²) in [5, 5.41) is 0. The van der Waals surface area contributed by atoms with E-state index in [-0.39, 0.29) is 11.5 Å². The average molecular weight is 338 g/mol. The second-order valence-corrected chi connectivity index (χ2v) is 7.15. The summed E-state index contributed by atoms with van der Waals surface area (Å²) in [5.74, 6) is -2.64. The van der Waals surface area contributed by atoms with Crippen molar-refractivity contribution in [1.82, 2.24) is 4.90 Å². The monoisotopic (exact) mass is 338 g/mol. The van der Waals surface area contributed by atoms with Gasteiger partial charge in [-0.3, -0.25) is 4.90 Å². The molecule has 0 amide bonds. The van der Waals surface area contributed by atoms with Crippen LogP contribution in [0.25, 0.3) is 0 Å². The predicted molar refractivity (Wildman–Crippen MR) is 98.3 cm³/mol. The van der Waals surface area contributed by atoms with Crippen molar-refractivity contribution in [2.45, 2.75) is 58.8 Å². The standard InChI is InChI=1S/C20H32F2N2/c1-5-7-10-23-11-13-24(14-12-23)17-8-9-18(16(3)6-2)19(15-17)20(4,21)22/h8-9,15-16H,5-7,10-14H2,1-4H3. The molecule has 0 spiro atoms. The Morgan fingerprint density at radius 2 is 1.79 bits per heavy atom. The minimum atomic E-state index is -2.79. The molecular weight excluding hydrogens is 306 g/mol. The Hall–Kier alpha value is -1.16. The third-order valence-electron chi connectivity index (χ3n) is 5.22. The molecule has 1 aromatic carbocycles. The van der Waals surface area contributed by atoms with Crippen molar-refractivity contribution >= 4 is 5.69 Å². The summed E-state index contributed by atoms with van der Waals surface area (Å²) in [6.45, 7) is 12.3. The molecule has 1 aliphatic rings. The Bertz CT molecular complexity index is 517. The molecular formula is C20H32F2N2. The average Bonchev–Trinajstić information content (AvgIpc) is 2.58. The fraction of sp³-hybridized carbons (Fsp3) is 0.700. The van der Waals surface area contributed by atoms with E-state index in [1.165, 1.54) is 12.8 Å². The molecule has 0 radical (unpaired) electrons. The molecule has 1 fully saturated rings. The van der Waals surface area contributed by atoms with Gasteiger partial charge in [-0.05, 0) is 43.0 Å². The van der Waals surface area contributed by atoms with Crippen LogP contribution in [0, 0.1) is 0 Å². The summed E-state index contributed by atoms with van der Waals surface area (Å²) in [4.78, 5) is 4.72. The van der Waals surface area contributed by atoms with E-state index < -0.39 is 5.92 Å². The first-order valence-electron chi connectivity index (χ1n) is 9.36. The number of benzene rings is 1. The minimum absolute atomic E-state index is 0.158. The van der Waals surface area contributed by atoms with Crippen molar-refractivity contribution in [3.8, 4) is 0 Å². The van der Waals surface area contributed by atoms with Gasteiger partial charge in [0.15, 0.2) is 0 Å². The van der Waals surface area contributed by atoms with Crippen molar-refractivity contribution in [2.24, 2.45) is 0 Å². The summed E-state index contributed by atoms with van der Waals surface area (Å²) < 4.78 is 28.3. The third-order valence-corrected chi connectivity index (χ3v) is 5.22. The molecule has 0 aliphatic carbocycles. The molecule has 2 nitrogen and oxygen atoms in total. The van der Waals surface area contributed by atoms with Crippen molar-refractivity contribution in [1.29, 1.82) is 0 Å². The zero-order valence-electron chi connectivity index (χ0n) is 15.6. The first-order chi connectivity index (χ1) is 11.4. The van der Waals surface area contributed by atoms with Crippen LogP contribution in [0.5, 0.6) is 0 Å². The molecule has 0 saturated carbocycles. The van der Waals surface area contributed by atoms with E-state index >= 15 is 0 Å². The number of nitrogens with zero attached hydrogens (tertiary/aromatic N) is 2. The largest absolute Gasteiger partial charge is 0.369 e. The van der Waals surface area contributed by atoms with Gasteiger partial charge in [-0.15, -0.1) is 0 Å². The smallest absolute Gasteiger partial charge is 0.270 e. The molecule has 0 aromatic heterocycles. The lowest BCUT2D eigenvalue weighted by Crippen LogP contribution is -2.46. The van der Waals surface area contributed by atoms with Gasteiger partial charge in [-0.2, -0.15) is 0 Å². The molecule has 2 rings (SSSR count). The Kier molecular flexibility index (Phi) is 6.62. The van der Waals surface area contributed by atoms with Crippen molar-refractivity contribution in [3.05, 3.63) is 29.3 Å². The molecule has 1 atom stereocenters. The van der Waals surface area contributed by atoms with Gasteiger partial charge in [0.05, 0.1) is 0 Å². The minimum Gasteiger partial charge on any atom is -0.369 e. The number of hydrogen-bond donors (Lipinski definition) is 0. The van der Waals surface area contributed by atoms with Crippen LogP contribution in [0.3, 0.4) is 0 Å². The number of piperazine rings is 1. The lowest BCUT2D eigenvalue weighted by molar-refractivity contribution is 0.0162. The van der Waals surface area contributed by atoms with Gasteiger partial charge in [-0.1, -0.05) is 33.3 Å². The topological polar surface area (TPSA) is 6.48 Å². The molecule has 1 unspecified atom stereocenters. The second-order valence-electron chi connectivity index (χ2n) is 7.15. The summed E-state index contributed by atoms with van der Waals surface area (Å²) in [5.41, 5.74) is 1.92. The van der Waals surface area contributed by atoms with Crippen LogP contribution < -0.4 is 4.90 Å². The third kappa shape index (κ3) is 4.69. The quantitative estimate of drug-likeness (QED) is 0.671. The molecule has 1 aliphatic heterocycles. The Morgan fingerprint density at radius 1 is 1.12 bits per heavy atom. The van der Waals surface area contributed by atoms with Gasteiger partial charge in [-0.25, -0.2) is 8.78 Å². The van der Waals surface area contributed by atoms with E-state index in [1.54, 1.807) is 6.07 Å². The van der Waals surface area contributed by atoms with E-state index in [0.717, 1.165) is 57.3 Å². The second kappa shape index (κ2) is 8.28. The number of rotatable bonds is 7. The van der Waals surface area contributed by atoms with E-state index in [0.29, 0.717) is 0 Å². The van der Waals surface area contributed by atoms with Gasteiger partial charge in [0, 0.05) is 44.4 Å². The maximum Gasteiger partial charge on any atom is 0.270 e. The van der Waals surface area contributed by atoms with Crippen LogP contribution in [0.4, 0.5) is 14.5 Å². The molecule has 1 aromatic rings. The Morgan fingerprint density at radius 3 is 2.33 bits per heavy atom. The molecule has 4 heteroatoms. The molecule has 136 valence electrons. The number of halogens is 2. The van der Waals surface area contributed by atoms with Crippen LogP contribution >= 0.6 is 0 Å². The molecule has 1 heterocycles. The van der Waals surface area contributed by atoms with Crippen LogP contribution in [-0.2, 0) is 5.92 Å². The highest BCUT2D eigenvalue weighted by Gasteiger charge is 2.30. The van der Waals surface area contributed by atoms with Gasteiger partial charge in [0.2, 0.25) is 0 Å². The fourth-order valence-corrected chi connectivity index (χ4v) is 3.38. The zero-order valence-corrected chi connectivity index (χ0v) is 15.6. The summed E-state index contributed by atoms with van der Waals surface area (Å²) >= 11 is 0. The SMILES string of the molecule is CCCCN1CCN(c2ccc(C(C)CC)c(C(C)(F)F)c2)CC1. The van der Waals surface area contributed by atoms with Gasteiger partial charge >= 0.3 is 0 Å². The maximum absolute atomic E-state index is 14.1. The Labute approximate surface area is 145 Å². The molecule has 0 N–H and O–H groups in total. The van der Waals surface area contributed by atoms with Gasteiger partial charge < -0.3 is 4.90 Å². The number of unbranched alkanes of at least 4 members (excludes halogenated alkanes) is 1. The van der Waals surface area contributed by atoms with Crippen LogP contribution in [0.2, 0.25) is 0 Å². The first kappa shape index (κ1) is 19.2. The van der Waals surface area contributed by atoms with Crippen LogP contribution in [0.15, 0.2) is 18.2 Å². The highest BCUT2D eigenvalue weighted by molar-refractivity contribution is 5.53. The van der Waals surface area contributed by atoms with Gasteiger partial charge in [0.25, 0.3) is 5.92 Å². The lowest BCUT2D eigenvalue weighted by atomic mass is 9.90. The molecule has 24 heavy (non-hydrogen) atoms. The summed E-state index contributed by atoms with van der Waals surface area (Å²) in [6, 6.07) is 5.67. The normalized spacial score (nSPS) is 18.0. The highest BCUT2D eigenvalue weighted by Crippen LogP contribution is 2.37. The van der Waals surface area contributed by atoms with Crippen molar-refractivity contribution < 1.29 is 8.78 Å². The first-order valence-corrected chi connectivity index (χ1v) is 9.36. The molecule has 0 bridgehead atoms. The Balaban J connectivity index is 2.15. The number of hydrogen-bond acceptors (Lipinski definition) is 2. The molecule has 1 saturated heterocycles. The van der Waals surface area contributed by atoms with E-state index in [4.69, 9.17) is 0 Å². The van der Waals surface area contributed by atoms with Crippen LogP contribution in [0.1, 0.15) is 64.0 Å². The van der Waals surface area contributed by atoms with Gasteiger partial charge in [0.1, 0.15) is 0 Å². The van der Waals surface area contributed by atoms with E-state index in [1.807, 2.05) is 26.0 Å². The lowest BCUT2D eigenvalue weighted by Gasteiger charge is -2.36. The summed E-state index contributed by atoms with van der Waals surface area (Å²) in [7, 11) is 0. The number of anilines is 1. The van der Waals surface area contributed by atoms with E-state index in [9.17, 15) is 8.78 Å². The van der Waals surface area contributed by atoms with Crippen molar-refractivity contribution in [3.63, 3.8) is 0 Å². The van der Waals surface area contributed by atoms with Crippen molar-refractivity contribution in [2.75, 3.05) is 37.6 Å². The predicted octanol–water partition coefficient (Wildman–Crippen LogP) is 5.23.